The first-order valence-corrected chi connectivity index (χ1v) is 12.7. The van der Waals surface area contributed by atoms with Crippen LogP contribution in [0.4, 0.5) is 0 Å². The number of aromatic nitrogens is 1. The van der Waals surface area contributed by atoms with Crippen LogP contribution in [0.3, 0.4) is 0 Å². The zero-order valence-corrected chi connectivity index (χ0v) is 20.1. The molecule has 0 unspecified atom stereocenters. The lowest BCUT2D eigenvalue weighted by atomic mass is 10.1. The number of aryl methyl sites for hydroxylation is 1. The molecule has 9 heteroatoms. The normalized spacial score (nSPS) is 16.3. The van der Waals surface area contributed by atoms with E-state index in [4.69, 9.17) is 9.47 Å². The van der Waals surface area contributed by atoms with Crippen molar-refractivity contribution in [3.8, 4) is 0 Å². The van der Waals surface area contributed by atoms with Crippen LogP contribution in [0.25, 0.3) is 10.9 Å². The van der Waals surface area contributed by atoms with Gasteiger partial charge in [-0.3, -0.25) is 4.79 Å². The van der Waals surface area contributed by atoms with Gasteiger partial charge in [0.2, 0.25) is 10.0 Å². The summed E-state index contributed by atoms with van der Waals surface area (Å²) in [6.45, 7) is 4.51. The standard InChI is InChI=1S/C25H28N2O6S/c1-3-32-25(29)18-7-9-22(10-8-18)34(30,31)27(16-21-5-4-12-33-21)15-20-14-19-13-17(2)6-11-23(19)26-24(20)28/h6-11,13-14,21H,3-5,12,15-16H2,1-2H3,(H,26,28)/t21-/m1/s1. The lowest BCUT2D eigenvalue weighted by Gasteiger charge is -2.25. The number of ether oxygens (including phenoxy) is 2. The summed E-state index contributed by atoms with van der Waals surface area (Å²) in [5, 5.41) is 0.836. The van der Waals surface area contributed by atoms with Gasteiger partial charge in [0, 0.05) is 30.8 Å². The molecule has 0 spiro atoms. The number of hydrogen-bond acceptors (Lipinski definition) is 6. The molecule has 1 aliphatic rings. The summed E-state index contributed by atoms with van der Waals surface area (Å²) in [6.07, 6.45) is 1.37. The molecular formula is C25H28N2O6S. The number of pyridine rings is 1. The highest BCUT2D eigenvalue weighted by Crippen LogP contribution is 2.23. The molecule has 1 atom stereocenters. The van der Waals surface area contributed by atoms with Crippen LogP contribution < -0.4 is 5.56 Å². The number of benzene rings is 2. The maximum absolute atomic E-state index is 13.6. The highest BCUT2D eigenvalue weighted by molar-refractivity contribution is 7.89. The van der Waals surface area contributed by atoms with Gasteiger partial charge in [-0.2, -0.15) is 4.31 Å². The molecule has 0 bridgehead atoms. The van der Waals surface area contributed by atoms with E-state index in [-0.39, 0.29) is 41.8 Å². The summed E-state index contributed by atoms with van der Waals surface area (Å²) in [5.41, 5.74) is 2.02. The van der Waals surface area contributed by atoms with Crippen molar-refractivity contribution in [2.75, 3.05) is 19.8 Å². The number of H-pyrrole nitrogens is 1. The molecule has 0 aliphatic carbocycles. The third kappa shape index (κ3) is 5.22. The van der Waals surface area contributed by atoms with E-state index in [1.165, 1.54) is 28.6 Å². The number of nitrogens with zero attached hydrogens (tertiary/aromatic N) is 1. The molecule has 2 heterocycles. The number of aromatic amines is 1. The van der Waals surface area contributed by atoms with Crippen LogP contribution >= 0.6 is 0 Å². The van der Waals surface area contributed by atoms with Crippen LogP contribution in [0.15, 0.2) is 58.2 Å². The van der Waals surface area contributed by atoms with Gasteiger partial charge in [-0.05, 0) is 74.5 Å². The molecule has 3 aromatic rings. The van der Waals surface area contributed by atoms with E-state index >= 15 is 0 Å². The van der Waals surface area contributed by atoms with Crippen LogP contribution in [0, 0.1) is 6.92 Å². The highest BCUT2D eigenvalue weighted by Gasteiger charge is 2.30. The van der Waals surface area contributed by atoms with Crippen molar-refractivity contribution in [2.45, 2.75) is 44.2 Å². The predicted octanol–water partition coefficient (Wildman–Crippen LogP) is 3.38. The Morgan fingerprint density at radius 1 is 1.18 bits per heavy atom. The molecule has 1 saturated heterocycles. The second kappa shape index (κ2) is 10.1. The Kier molecular flexibility index (Phi) is 7.16. The van der Waals surface area contributed by atoms with Crippen molar-refractivity contribution < 1.29 is 22.7 Å². The second-order valence-corrected chi connectivity index (χ2v) is 10.3. The van der Waals surface area contributed by atoms with Crippen LogP contribution in [0.2, 0.25) is 0 Å². The van der Waals surface area contributed by atoms with E-state index in [0.717, 1.165) is 23.8 Å². The van der Waals surface area contributed by atoms with Crippen molar-refractivity contribution in [2.24, 2.45) is 0 Å². The molecule has 2 aromatic carbocycles. The Labute approximate surface area is 198 Å². The SMILES string of the molecule is CCOC(=O)c1ccc(S(=O)(=O)N(Cc2cc3cc(C)ccc3[nH]c2=O)C[C@H]2CCCO2)cc1. The molecule has 1 aromatic heterocycles. The van der Waals surface area contributed by atoms with E-state index in [1.807, 2.05) is 25.1 Å². The second-order valence-electron chi connectivity index (χ2n) is 8.39. The average Bonchev–Trinajstić information content (AvgIpc) is 3.33. The number of carbonyl (C=O) groups excluding carboxylic acids is 1. The quantitative estimate of drug-likeness (QED) is 0.492. The molecular weight excluding hydrogens is 456 g/mol. The smallest absolute Gasteiger partial charge is 0.338 e. The van der Waals surface area contributed by atoms with E-state index in [1.54, 1.807) is 13.0 Å². The zero-order chi connectivity index (χ0) is 24.3. The van der Waals surface area contributed by atoms with Crippen molar-refractivity contribution in [1.82, 2.24) is 9.29 Å². The fraction of sp³-hybridized carbons (Fsp3) is 0.360. The van der Waals surface area contributed by atoms with Crippen molar-refractivity contribution in [3.05, 3.63) is 75.6 Å². The molecule has 1 fully saturated rings. The fourth-order valence-electron chi connectivity index (χ4n) is 4.07. The number of nitrogens with one attached hydrogen (secondary N) is 1. The molecule has 180 valence electrons. The minimum absolute atomic E-state index is 0.0339. The lowest BCUT2D eigenvalue weighted by Crippen LogP contribution is -2.38. The number of carbonyl (C=O) groups is 1. The van der Waals surface area contributed by atoms with Gasteiger partial charge < -0.3 is 14.5 Å². The summed E-state index contributed by atoms with van der Waals surface area (Å²) in [6, 6.07) is 13.1. The Balaban J connectivity index is 1.68. The fourth-order valence-corrected chi connectivity index (χ4v) is 5.52. The monoisotopic (exact) mass is 484 g/mol. The topological polar surface area (TPSA) is 106 Å². The number of esters is 1. The Bertz CT molecular complexity index is 1340. The van der Waals surface area contributed by atoms with Crippen molar-refractivity contribution in [1.29, 1.82) is 0 Å². The van der Waals surface area contributed by atoms with Crippen LogP contribution in [-0.2, 0) is 26.0 Å². The Morgan fingerprint density at radius 3 is 2.62 bits per heavy atom. The van der Waals surface area contributed by atoms with Gasteiger partial charge in [0.15, 0.2) is 0 Å². The minimum atomic E-state index is -3.97. The number of sulfonamides is 1. The summed E-state index contributed by atoms with van der Waals surface area (Å²) in [5.74, 6) is -0.513. The van der Waals surface area contributed by atoms with Gasteiger partial charge >= 0.3 is 5.97 Å². The van der Waals surface area contributed by atoms with Gasteiger partial charge in [-0.15, -0.1) is 0 Å². The van der Waals surface area contributed by atoms with Crippen LogP contribution in [0.5, 0.6) is 0 Å². The third-order valence-electron chi connectivity index (χ3n) is 5.86. The van der Waals surface area contributed by atoms with Crippen molar-refractivity contribution in [3.63, 3.8) is 0 Å². The molecule has 0 radical (unpaired) electrons. The summed E-state index contributed by atoms with van der Waals surface area (Å²) < 4.78 is 39.2. The number of rotatable bonds is 8. The van der Waals surface area contributed by atoms with Gasteiger partial charge in [-0.25, -0.2) is 13.2 Å². The first-order valence-electron chi connectivity index (χ1n) is 11.3. The lowest BCUT2D eigenvalue weighted by molar-refractivity contribution is 0.0526. The first-order chi connectivity index (χ1) is 16.3. The number of hydrogen-bond donors (Lipinski definition) is 1. The largest absolute Gasteiger partial charge is 0.462 e. The average molecular weight is 485 g/mol. The van der Waals surface area contributed by atoms with E-state index in [2.05, 4.69) is 4.98 Å². The molecule has 1 N–H and O–H groups in total. The molecule has 8 nitrogen and oxygen atoms in total. The summed E-state index contributed by atoms with van der Waals surface area (Å²) in [4.78, 5) is 27.6. The van der Waals surface area contributed by atoms with E-state index in [0.29, 0.717) is 17.7 Å². The van der Waals surface area contributed by atoms with Gasteiger partial charge in [0.1, 0.15) is 0 Å². The molecule has 34 heavy (non-hydrogen) atoms. The molecule has 1 aliphatic heterocycles. The van der Waals surface area contributed by atoms with Gasteiger partial charge in [0.25, 0.3) is 5.56 Å². The zero-order valence-electron chi connectivity index (χ0n) is 19.2. The van der Waals surface area contributed by atoms with E-state index < -0.39 is 16.0 Å². The van der Waals surface area contributed by atoms with Gasteiger partial charge in [-0.1, -0.05) is 11.6 Å². The highest BCUT2D eigenvalue weighted by atomic mass is 32.2. The molecule has 4 rings (SSSR count). The van der Waals surface area contributed by atoms with E-state index in [9.17, 15) is 18.0 Å². The Morgan fingerprint density at radius 2 is 1.94 bits per heavy atom. The first kappa shape index (κ1) is 24.1. The third-order valence-corrected chi connectivity index (χ3v) is 7.68. The van der Waals surface area contributed by atoms with Crippen molar-refractivity contribution >= 4 is 26.9 Å². The summed E-state index contributed by atoms with van der Waals surface area (Å²) in [7, 11) is -3.97. The maximum atomic E-state index is 13.6. The maximum Gasteiger partial charge on any atom is 0.338 e. The predicted molar refractivity (Wildman–Crippen MR) is 128 cm³/mol. The minimum Gasteiger partial charge on any atom is -0.462 e. The van der Waals surface area contributed by atoms with Crippen LogP contribution in [-0.4, -0.2) is 49.5 Å². The summed E-state index contributed by atoms with van der Waals surface area (Å²) >= 11 is 0. The molecule has 0 saturated carbocycles. The number of fused-ring (bicyclic) bond motifs is 1. The molecule has 0 amide bonds. The van der Waals surface area contributed by atoms with Crippen LogP contribution in [0.1, 0.15) is 41.3 Å². The van der Waals surface area contributed by atoms with Gasteiger partial charge in [0.05, 0.1) is 23.2 Å². The Hall–Kier alpha value is -3.01.